The topological polar surface area (TPSA) is 88.9 Å². The van der Waals surface area contributed by atoms with Crippen molar-refractivity contribution in [2.45, 2.75) is 6.04 Å². The molecule has 1 aliphatic rings. The minimum Gasteiger partial charge on any atom is -0.322 e. The number of nitrogens with one attached hydrogen (secondary N) is 2. The number of aromatic nitrogens is 3. The van der Waals surface area contributed by atoms with Crippen LogP contribution in [-0.2, 0) is 4.79 Å². The summed E-state index contributed by atoms with van der Waals surface area (Å²) in [5, 5.41) is 12.3. The number of benzene rings is 1. The van der Waals surface area contributed by atoms with E-state index in [9.17, 15) is 9.59 Å². The van der Waals surface area contributed by atoms with Crippen molar-refractivity contribution in [2.75, 3.05) is 0 Å². The van der Waals surface area contributed by atoms with Crippen LogP contribution in [0, 0.1) is 0 Å². The van der Waals surface area contributed by atoms with Gasteiger partial charge in [0.1, 0.15) is 6.04 Å². The van der Waals surface area contributed by atoms with Gasteiger partial charge in [0.05, 0.1) is 18.1 Å². The zero-order chi connectivity index (χ0) is 12.5. The second-order valence-electron chi connectivity index (χ2n) is 3.84. The molecule has 1 aliphatic heterocycles. The second kappa shape index (κ2) is 3.95. The highest BCUT2D eigenvalue weighted by molar-refractivity contribution is 6.04. The van der Waals surface area contributed by atoms with Crippen molar-refractivity contribution in [1.29, 1.82) is 0 Å². The van der Waals surface area contributed by atoms with Crippen LogP contribution in [0.5, 0.6) is 0 Å². The van der Waals surface area contributed by atoms with Crippen LogP contribution in [0.3, 0.4) is 0 Å². The Bertz CT molecular complexity index is 608. The Morgan fingerprint density at radius 1 is 1.28 bits per heavy atom. The van der Waals surface area contributed by atoms with Gasteiger partial charge >= 0.3 is 6.03 Å². The number of nitrogens with zero attached hydrogens (tertiary/aromatic N) is 3. The molecular weight excluding hydrogens is 234 g/mol. The number of urea groups is 1. The van der Waals surface area contributed by atoms with E-state index in [2.05, 4.69) is 20.9 Å². The maximum Gasteiger partial charge on any atom is 0.322 e. The second-order valence-corrected chi connectivity index (χ2v) is 3.84. The molecule has 2 N–H and O–H groups in total. The molecule has 7 nitrogen and oxygen atoms in total. The highest BCUT2D eigenvalue weighted by Gasteiger charge is 2.30. The van der Waals surface area contributed by atoms with E-state index in [1.165, 1.54) is 0 Å². The third-order valence-electron chi connectivity index (χ3n) is 2.66. The van der Waals surface area contributed by atoms with Crippen LogP contribution in [0.1, 0.15) is 11.6 Å². The van der Waals surface area contributed by atoms with Crippen molar-refractivity contribution in [3.8, 4) is 5.69 Å². The fourth-order valence-electron chi connectivity index (χ4n) is 1.84. The maximum atomic E-state index is 11.6. The van der Waals surface area contributed by atoms with Crippen molar-refractivity contribution in [3.05, 3.63) is 42.2 Å². The lowest BCUT2D eigenvalue weighted by molar-refractivity contribution is -0.120. The summed E-state index contributed by atoms with van der Waals surface area (Å²) in [7, 11) is 0. The minimum absolute atomic E-state index is 0.351. The smallest absolute Gasteiger partial charge is 0.322 e. The number of amides is 3. The van der Waals surface area contributed by atoms with Gasteiger partial charge in [-0.05, 0) is 17.7 Å². The first-order chi connectivity index (χ1) is 8.74. The average molecular weight is 243 g/mol. The molecule has 2 aromatic rings. The van der Waals surface area contributed by atoms with E-state index < -0.39 is 12.1 Å². The fraction of sp³-hybridized carbons (Fsp3) is 0.0909. The van der Waals surface area contributed by atoms with Crippen LogP contribution in [0.25, 0.3) is 5.69 Å². The molecule has 3 rings (SSSR count). The van der Waals surface area contributed by atoms with Crippen LogP contribution < -0.4 is 10.6 Å². The first-order valence-electron chi connectivity index (χ1n) is 5.32. The number of rotatable bonds is 2. The van der Waals surface area contributed by atoms with E-state index in [1.807, 2.05) is 6.07 Å². The van der Waals surface area contributed by atoms with Gasteiger partial charge in [0.15, 0.2) is 0 Å². The monoisotopic (exact) mass is 243 g/mol. The molecule has 0 saturated carbocycles. The Balaban J connectivity index is 1.97. The quantitative estimate of drug-likeness (QED) is 0.735. The van der Waals surface area contributed by atoms with Crippen molar-refractivity contribution < 1.29 is 9.59 Å². The molecule has 0 aliphatic carbocycles. The lowest BCUT2D eigenvalue weighted by Gasteiger charge is -2.09. The third-order valence-corrected chi connectivity index (χ3v) is 2.66. The summed E-state index contributed by atoms with van der Waals surface area (Å²) >= 11 is 0. The largest absolute Gasteiger partial charge is 0.322 e. The summed E-state index contributed by atoms with van der Waals surface area (Å²) in [5.41, 5.74) is 1.48. The van der Waals surface area contributed by atoms with Crippen LogP contribution in [0.15, 0.2) is 36.7 Å². The molecule has 1 saturated heterocycles. The van der Waals surface area contributed by atoms with Crippen LogP contribution in [0.4, 0.5) is 4.79 Å². The molecule has 18 heavy (non-hydrogen) atoms. The lowest BCUT2D eigenvalue weighted by atomic mass is 10.1. The molecule has 90 valence electrons. The molecule has 0 bridgehead atoms. The molecule has 7 heteroatoms. The van der Waals surface area contributed by atoms with Crippen molar-refractivity contribution in [1.82, 2.24) is 25.6 Å². The highest BCUT2D eigenvalue weighted by atomic mass is 16.2. The Morgan fingerprint density at radius 2 is 2.17 bits per heavy atom. The molecular formula is C11H9N5O2. The molecule has 0 radical (unpaired) electrons. The first-order valence-corrected chi connectivity index (χ1v) is 5.32. The summed E-state index contributed by atoms with van der Waals surface area (Å²) in [6.07, 6.45) is 3.27. The summed E-state index contributed by atoms with van der Waals surface area (Å²) in [6.45, 7) is 0. The summed E-state index contributed by atoms with van der Waals surface area (Å²) in [5.74, 6) is -0.351. The van der Waals surface area contributed by atoms with E-state index in [0.29, 0.717) is 5.56 Å². The molecule has 1 atom stereocenters. The molecule has 0 spiro atoms. The lowest BCUT2D eigenvalue weighted by Crippen LogP contribution is -2.22. The molecule has 1 unspecified atom stereocenters. The molecule has 2 heterocycles. The van der Waals surface area contributed by atoms with Crippen LogP contribution in [-0.4, -0.2) is 26.9 Å². The van der Waals surface area contributed by atoms with Crippen molar-refractivity contribution >= 4 is 11.9 Å². The van der Waals surface area contributed by atoms with Crippen molar-refractivity contribution in [3.63, 3.8) is 0 Å². The first kappa shape index (κ1) is 10.5. The summed E-state index contributed by atoms with van der Waals surface area (Å²) < 4.78 is 1.58. The highest BCUT2D eigenvalue weighted by Crippen LogP contribution is 2.19. The van der Waals surface area contributed by atoms with Crippen molar-refractivity contribution in [2.24, 2.45) is 0 Å². The van der Waals surface area contributed by atoms with E-state index in [-0.39, 0.29) is 5.91 Å². The van der Waals surface area contributed by atoms with Gasteiger partial charge in [-0.15, -0.1) is 5.10 Å². The number of carbonyl (C=O) groups is 2. The molecule has 1 aromatic carbocycles. The predicted molar refractivity (Wildman–Crippen MR) is 60.8 cm³/mol. The van der Waals surface area contributed by atoms with Gasteiger partial charge in [0.25, 0.3) is 5.91 Å². The Hall–Kier alpha value is -2.70. The van der Waals surface area contributed by atoms with Gasteiger partial charge in [-0.25, -0.2) is 9.48 Å². The van der Waals surface area contributed by atoms with Gasteiger partial charge < -0.3 is 5.32 Å². The number of carbonyl (C=O) groups excluding carboxylic acids is 2. The van der Waals surface area contributed by atoms with Gasteiger partial charge in [0.2, 0.25) is 0 Å². The zero-order valence-corrected chi connectivity index (χ0v) is 9.20. The van der Waals surface area contributed by atoms with E-state index >= 15 is 0 Å². The molecule has 1 aromatic heterocycles. The number of hydrogen-bond donors (Lipinski definition) is 2. The summed E-state index contributed by atoms with van der Waals surface area (Å²) in [6, 6.07) is 6.06. The van der Waals surface area contributed by atoms with Crippen LogP contribution >= 0.6 is 0 Å². The normalized spacial score (nSPS) is 18.6. The van der Waals surface area contributed by atoms with E-state index in [0.717, 1.165) is 5.69 Å². The Morgan fingerprint density at radius 3 is 2.83 bits per heavy atom. The van der Waals surface area contributed by atoms with E-state index in [4.69, 9.17) is 0 Å². The third kappa shape index (κ3) is 1.71. The Kier molecular flexibility index (Phi) is 2.30. The average Bonchev–Trinajstić information content (AvgIpc) is 2.99. The van der Waals surface area contributed by atoms with Crippen LogP contribution in [0.2, 0.25) is 0 Å². The summed E-state index contributed by atoms with van der Waals surface area (Å²) in [4.78, 5) is 22.6. The number of hydrogen-bond acceptors (Lipinski definition) is 4. The van der Waals surface area contributed by atoms with E-state index in [1.54, 1.807) is 35.3 Å². The standard InChI is InChI=1S/C11H9N5O2/c17-10-9(13-11(18)14-10)7-2-1-3-8(6-7)16-5-4-12-15-16/h1-6,9H,(H2,13,14,17,18). The van der Waals surface area contributed by atoms with Gasteiger partial charge in [0, 0.05) is 0 Å². The van der Waals surface area contributed by atoms with Gasteiger partial charge in [-0.1, -0.05) is 17.3 Å². The van der Waals surface area contributed by atoms with Gasteiger partial charge in [-0.2, -0.15) is 0 Å². The Labute approximate surface area is 102 Å². The minimum atomic E-state index is -0.652. The molecule has 1 fully saturated rings. The maximum absolute atomic E-state index is 11.6. The SMILES string of the molecule is O=C1NC(=O)C(c2cccc(-n3ccnn3)c2)N1. The number of imide groups is 1. The predicted octanol–water partition coefficient (Wildman–Crippen LogP) is 0.148. The van der Waals surface area contributed by atoms with Gasteiger partial charge in [-0.3, -0.25) is 10.1 Å². The molecule has 3 amide bonds. The zero-order valence-electron chi connectivity index (χ0n) is 9.20. The fourth-order valence-corrected chi connectivity index (χ4v) is 1.84.